The van der Waals surface area contributed by atoms with E-state index in [9.17, 15) is 18.0 Å². The SMILES string of the molecule is CC(=O)N1CCCCC1CCS(=O)(=O)N1CCCC1C(=O)O. The summed E-state index contributed by atoms with van der Waals surface area (Å²) in [7, 11) is -3.59. The third kappa shape index (κ3) is 3.78. The van der Waals surface area contributed by atoms with Crippen LogP contribution in [-0.2, 0) is 19.6 Å². The van der Waals surface area contributed by atoms with Crippen LogP contribution in [0.15, 0.2) is 0 Å². The van der Waals surface area contributed by atoms with Crippen LogP contribution in [0.1, 0.15) is 45.4 Å². The topological polar surface area (TPSA) is 95.0 Å². The number of sulfonamides is 1. The average Bonchev–Trinajstić information content (AvgIpc) is 2.96. The smallest absolute Gasteiger partial charge is 0.322 e. The predicted molar refractivity (Wildman–Crippen MR) is 80.8 cm³/mol. The lowest BCUT2D eigenvalue weighted by Crippen LogP contribution is -2.45. The molecule has 7 nitrogen and oxygen atoms in total. The van der Waals surface area contributed by atoms with Gasteiger partial charge in [-0.2, -0.15) is 4.31 Å². The van der Waals surface area contributed by atoms with E-state index in [0.29, 0.717) is 25.8 Å². The van der Waals surface area contributed by atoms with Gasteiger partial charge in [-0.05, 0) is 38.5 Å². The first-order chi connectivity index (χ1) is 10.3. The fraction of sp³-hybridized carbons (Fsp3) is 0.857. The zero-order valence-electron chi connectivity index (χ0n) is 12.9. The van der Waals surface area contributed by atoms with Crippen LogP contribution < -0.4 is 0 Å². The molecule has 2 aliphatic rings. The van der Waals surface area contributed by atoms with Crippen molar-refractivity contribution in [2.45, 2.75) is 57.5 Å². The van der Waals surface area contributed by atoms with Gasteiger partial charge in [0.05, 0.1) is 5.75 Å². The van der Waals surface area contributed by atoms with Gasteiger partial charge < -0.3 is 10.0 Å². The van der Waals surface area contributed by atoms with Gasteiger partial charge >= 0.3 is 5.97 Å². The summed E-state index contributed by atoms with van der Waals surface area (Å²) in [5, 5.41) is 9.12. The molecule has 2 saturated heterocycles. The summed E-state index contributed by atoms with van der Waals surface area (Å²) in [6.45, 7) is 2.47. The first-order valence-corrected chi connectivity index (χ1v) is 9.43. The minimum absolute atomic E-state index is 0.0216. The number of carboxylic acids is 1. The number of amides is 1. The number of hydrogen-bond donors (Lipinski definition) is 1. The molecular formula is C14H24N2O5S. The molecule has 0 aliphatic carbocycles. The molecule has 2 atom stereocenters. The Balaban J connectivity index is 2.00. The second kappa shape index (κ2) is 6.95. The lowest BCUT2D eigenvalue weighted by atomic mass is 10.00. The molecule has 2 heterocycles. The highest BCUT2D eigenvalue weighted by Gasteiger charge is 2.39. The van der Waals surface area contributed by atoms with Crippen molar-refractivity contribution in [1.29, 1.82) is 0 Å². The highest BCUT2D eigenvalue weighted by atomic mass is 32.2. The molecule has 0 aromatic heterocycles. The van der Waals surface area contributed by atoms with Crippen molar-refractivity contribution < 1.29 is 23.1 Å². The highest BCUT2D eigenvalue weighted by Crippen LogP contribution is 2.25. The molecule has 2 fully saturated rings. The van der Waals surface area contributed by atoms with Crippen molar-refractivity contribution in [2.24, 2.45) is 0 Å². The highest BCUT2D eigenvalue weighted by molar-refractivity contribution is 7.89. The third-order valence-electron chi connectivity index (χ3n) is 4.59. The first-order valence-electron chi connectivity index (χ1n) is 7.82. The van der Waals surface area contributed by atoms with E-state index in [1.54, 1.807) is 4.90 Å². The number of carboxylic acid groups (broad SMARTS) is 1. The van der Waals surface area contributed by atoms with E-state index in [4.69, 9.17) is 5.11 Å². The second-order valence-electron chi connectivity index (χ2n) is 6.07. The minimum atomic E-state index is -3.59. The van der Waals surface area contributed by atoms with Gasteiger partial charge in [-0.3, -0.25) is 9.59 Å². The predicted octanol–water partition coefficient (Wildman–Crippen LogP) is 0.656. The van der Waals surface area contributed by atoms with Crippen molar-refractivity contribution in [3.8, 4) is 0 Å². The van der Waals surface area contributed by atoms with Crippen LogP contribution in [0, 0.1) is 0 Å². The van der Waals surface area contributed by atoms with Crippen LogP contribution in [0.3, 0.4) is 0 Å². The van der Waals surface area contributed by atoms with Crippen LogP contribution in [0.2, 0.25) is 0 Å². The van der Waals surface area contributed by atoms with Crippen LogP contribution in [0.25, 0.3) is 0 Å². The molecule has 0 aromatic carbocycles. The van der Waals surface area contributed by atoms with Crippen LogP contribution in [0.5, 0.6) is 0 Å². The first kappa shape index (κ1) is 17.2. The van der Waals surface area contributed by atoms with Crippen molar-refractivity contribution in [2.75, 3.05) is 18.8 Å². The van der Waals surface area contributed by atoms with Gasteiger partial charge in [-0.25, -0.2) is 8.42 Å². The summed E-state index contributed by atoms with van der Waals surface area (Å²) in [5.74, 6) is -1.19. The molecule has 8 heteroatoms. The van der Waals surface area contributed by atoms with E-state index < -0.39 is 22.0 Å². The van der Waals surface area contributed by atoms with E-state index >= 15 is 0 Å². The van der Waals surface area contributed by atoms with Gasteiger partial charge in [0.15, 0.2) is 0 Å². The molecular weight excluding hydrogens is 308 g/mol. The lowest BCUT2D eigenvalue weighted by Gasteiger charge is -2.35. The Morgan fingerprint density at radius 1 is 1.14 bits per heavy atom. The van der Waals surface area contributed by atoms with Gasteiger partial charge in [0, 0.05) is 26.1 Å². The standard InChI is InChI=1S/C14H24N2O5S/c1-11(17)15-8-3-2-5-12(15)7-10-22(20,21)16-9-4-6-13(16)14(18)19/h12-13H,2-10H2,1H3,(H,18,19). The van der Waals surface area contributed by atoms with Crippen molar-refractivity contribution in [3.63, 3.8) is 0 Å². The number of rotatable bonds is 5. The molecule has 0 saturated carbocycles. The van der Waals surface area contributed by atoms with Gasteiger partial charge in [0.25, 0.3) is 0 Å². The molecule has 2 aliphatic heterocycles. The molecule has 2 unspecified atom stereocenters. The van der Waals surface area contributed by atoms with Gasteiger partial charge in [-0.15, -0.1) is 0 Å². The third-order valence-corrected chi connectivity index (χ3v) is 6.49. The van der Waals surface area contributed by atoms with Gasteiger partial charge in [0.1, 0.15) is 6.04 Å². The van der Waals surface area contributed by atoms with E-state index in [1.807, 2.05) is 0 Å². The number of nitrogens with zero attached hydrogens (tertiary/aromatic N) is 2. The number of piperidine rings is 1. The average molecular weight is 332 g/mol. The molecule has 2 rings (SSSR count). The van der Waals surface area contributed by atoms with E-state index in [-0.39, 0.29) is 24.2 Å². The number of carbonyl (C=O) groups is 2. The zero-order valence-corrected chi connectivity index (χ0v) is 13.7. The normalized spacial score (nSPS) is 27.0. The molecule has 1 N–H and O–H groups in total. The summed E-state index contributed by atoms with van der Waals surface area (Å²) in [4.78, 5) is 24.5. The molecule has 0 aromatic rings. The van der Waals surface area contributed by atoms with Crippen LogP contribution in [0.4, 0.5) is 0 Å². The lowest BCUT2D eigenvalue weighted by molar-refractivity contribution is -0.140. The Labute approximate surface area is 131 Å². The van der Waals surface area contributed by atoms with E-state index in [2.05, 4.69) is 0 Å². The second-order valence-corrected chi connectivity index (χ2v) is 8.11. The van der Waals surface area contributed by atoms with Crippen molar-refractivity contribution >= 4 is 21.9 Å². The minimum Gasteiger partial charge on any atom is -0.480 e. The number of likely N-dealkylation sites (tertiary alicyclic amines) is 1. The number of hydrogen-bond acceptors (Lipinski definition) is 4. The molecule has 0 spiro atoms. The van der Waals surface area contributed by atoms with Gasteiger partial charge in [-0.1, -0.05) is 0 Å². The maximum absolute atomic E-state index is 12.4. The maximum atomic E-state index is 12.4. The molecule has 126 valence electrons. The molecule has 0 radical (unpaired) electrons. The van der Waals surface area contributed by atoms with E-state index in [0.717, 1.165) is 23.6 Å². The quantitative estimate of drug-likeness (QED) is 0.798. The van der Waals surface area contributed by atoms with Crippen molar-refractivity contribution in [3.05, 3.63) is 0 Å². The molecule has 0 bridgehead atoms. The fourth-order valence-electron chi connectivity index (χ4n) is 3.44. The summed E-state index contributed by atoms with van der Waals surface area (Å²) in [6.07, 6.45) is 4.10. The molecule has 22 heavy (non-hydrogen) atoms. The van der Waals surface area contributed by atoms with Crippen molar-refractivity contribution in [1.82, 2.24) is 9.21 Å². The maximum Gasteiger partial charge on any atom is 0.322 e. The summed E-state index contributed by atoms with van der Waals surface area (Å²) >= 11 is 0. The number of carbonyl (C=O) groups excluding carboxylic acids is 1. The summed E-state index contributed by atoms with van der Waals surface area (Å²) < 4.78 is 26.0. The molecule has 1 amide bonds. The Morgan fingerprint density at radius 3 is 2.50 bits per heavy atom. The van der Waals surface area contributed by atoms with Crippen LogP contribution >= 0.6 is 0 Å². The Hall–Kier alpha value is -1.15. The Morgan fingerprint density at radius 2 is 1.86 bits per heavy atom. The fourth-order valence-corrected chi connectivity index (χ4v) is 5.23. The summed E-state index contributed by atoms with van der Waals surface area (Å²) in [6, 6.07) is -0.979. The Kier molecular flexibility index (Phi) is 5.44. The number of aliphatic carboxylic acids is 1. The summed E-state index contributed by atoms with van der Waals surface area (Å²) in [5.41, 5.74) is 0. The largest absolute Gasteiger partial charge is 0.480 e. The zero-order chi connectivity index (χ0) is 16.3. The monoisotopic (exact) mass is 332 g/mol. The Bertz CT molecular complexity index is 533. The van der Waals surface area contributed by atoms with Gasteiger partial charge in [0.2, 0.25) is 15.9 Å². The van der Waals surface area contributed by atoms with Crippen LogP contribution in [-0.4, -0.2) is 65.5 Å². The van der Waals surface area contributed by atoms with E-state index in [1.165, 1.54) is 6.92 Å².